The van der Waals surface area contributed by atoms with Crippen LogP contribution in [0.1, 0.15) is 33.6 Å². The summed E-state index contributed by atoms with van der Waals surface area (Å²) in [5.74, 6) is 0.466. The van der Waals surface area contributed by atoms with Crippen molar-refractivity contribution in [3.05, 3.63) is 0 Å². The Kier molecular flexibility index (Phi) is 5.72. The lowest BCUT2D eigenvalue weighted by Gasteiger charge is -2.12. The van der Waals surface area contributed by atoms with Gasteiger partial charge in [-0.05, 0) is 12.3 Å². The molecule has 0 saturated carbocycles. The molecule has 12 heavy (non-hydrogen) atoms. The molecule has 1 unspecified atom stereocenters. The van der Waals surface area contributed by atoms with E-state index in [0.717, 1.165) is 19.4 Å². The number of amides is 1. The van der Waals surface area contributed by atoms with E-state index < -0.39 is 0 Å². The molecule has 3 nitrogen and oxygen atoms in total. The summed E-state index contributed by atoms with van der Waals surface area (Å²) in [6.07, 6.45) is 1.72. The van der Waals surface area contributed by atoms with E-state index in [1.54, 1.807) is 0 Å². The Morgan fingerprint density at radius 3 is 2.50 bits per heavy atom. The van der Waals surface area contributed by atoms with E-state index >= 15 is 0 Å². The van der Waals surface area contributed by atoms with Crippen LogP contribution < -0.4 is 11.1 Å². The Labute approximate surface area is 74.7 Å². The quantitative estimate of drug-likeness (QED) is 0.647. The van der Waals surface area contributed by atoms with Gasteiger partial charge in [-0.3, -0.25) is 4.79 Å². The second-order valence-electron chi connectivity index (χ2n) is 3.53. The van der Waals surface area contributed by atoms with Gasteiger partial charge in [0.15, 0.2) is 0 Å². The molecule has 1 amide bonds. The molecule has 1 atom stereocenters. The van der Waals surface area contributed by atoms with Gasteiger partial charge in [-0.2, -0.15) is 0 Å². The monoisotopic (exact) mass is 172 g/mol. The SMILES string of the molecule is CCCC(N)C(=O)NCC(C)C. The van der Waals surface area contributed by atoms with Crippen molar-refractivity contribution in [3.8, 4) is 0 Å². The van der Waals surface area contributed by atoms with Gasteiger partial charge in [0.25, 0.3) is 0 Å². The third-order valence-electron chi connectivity index (χ3n) is 1.62. The van der Waals surface area contributed by atoms with Gasteiger partial charge in [0.2, 0.25) is 5.91 Å². The lowest BCUT2D eigenvalue weighted by molar-refractivity contribution is -0.122. The van der Waals surface area contributed by atoms with Crippen LogP contribution in [0.25, 0.3) is 0 Å². The van der Waals surface area contributed by atoms with E-state index in [9.17, 15) is 4.79 Å². The predicted molar refractivity (Wildman–Crippen MR) is 50.7 cm³/mol. The first-order valence-corrected chi connectivity index (χ1v) is 4.61. The second-order valence-corrected chi connectivity index (χ2v) is 3.53. The van der Waals surface area contributed by atoms with E-state index in [0.29, 0.717) is 5.92 Å². The van der Waals surface area contributed by atoms with E-state index in [2.05, 4.69) is 19.2 Å². The number of carbonyl (C=O) groups is 1. The molecule has 3 N–H and O–H groups in total. The molecular weight excluding hydrogens is 152 g/mol. The Morgan fingerprint density at radius 1 is 1.50 bits per heavy atom. The van der Waals surface area contributed by atoms with Crippen molar-refractivity contribution in [2.45, 2.75) is 39.7 Å². The van der Waals surface area contributed by atoms with Gasteiger partial charge in [0.1, 0.15) is 0 Å². The third-order valence-corrected chi connectivity index (χ3v) is 1.62. The zero-order valence-electron chi connectivity index (χ0n) is 8.26. The minimum atomic E-state index is -0.325. The first-order chi connectivity index (χ1) is 5.57. The Balaban J connectivity index is 3.57. The predicted octanol–water partition coefficient (Wildman–Crippen LogP) is 0.886. The fourth-order valence-corrected chi connectivity index (χ4v) is 0.878. The van der Waals surface area contributed by atoms with Crippen molar-refractivity contribution in [2.75, 3.05) is 6.54 Å². The largest absolute Gasteiger partial charge is 0.354 e. The van der Waals surface area contributed by atoms with Crippen LogP contribution in [0, 0.1) is 5.92 Å². The average molecular weight is 172 g/mol. The molecule has 0 saturated heterocycles. The molecule has 0 fully saturated rings. The summed E-state index contributed by atoms with van der Waals surface area (Å²) in [4.78, 5) is 11.2. The van der Waals surface area contributed by atoms with Crippen LogP contribution >= 0.6 is 0 Å². The zero-order chi connectivity index (χ0) is 9.56. The first kappa shape index (κ1) is 11.4. The van der Waals surface area contributed by atoms with Crippen LogP contribution in [0.5, 0.6) is 0 Å². The van der Waals surface area contributed by atoms with Gasteiger partial charge >= 0.3 is 0 Å². The van der Waals surface area contributed by atoms with Crippen LogP contribution in [-0.2, 0) is 4.79 Å². The summed E-state index contributed by atoms with van der Waals surface area (Å²) in [7, 11) is 0. The van der Waals surface area contributed by atoms with Gasteiger partial charge in [0, 0.05) is 6.54 Å². The molecule has 0 aliphatic heterocycles. The average Bonchev–Trinajstić information content (AvgIpc) is 2.00. The highest BCUT2D eigenvalue weighted by molar-refractivity contribution is 5.81. The fourth-order valence-electron chi connectivity index (χ4n) is 0.878. The molecule has 0 rings (SSSR count). The molecule has 0 aromatic heterocycles. The highest BCUT2D eigenvalue weighted by Gasteiger charge is 2.11. The summed E-state index contributed by atoms with van der Waals surface area (Å²) in [6, 6.07) is -0.325. The normalized spacial score (nSPS) is 13.1. The molecule has 0 aromatic carbocycles. The van der Waals surface area contributed by atoms with Gasteiger partial charge < -0.3 is 11.1 Å². The van der Waals surface area contributed by atoms with Crippen molar-refractivity contribution in [1.82, 2.24) is 5.32 Å². The minimum absolute atomic E-state index is 0.0226. The Hall–Kier alpha value is -0.570. The summed E-state index contributed by atoms with van der Waals surface area (Å²) in [6.45, 7) is 6.86. The first-order valence-electron chi connectivity index (χ1n) is 4.61. The molecule has 0 radical (unpaired) electrons. The fraction of sp³-hybridized carbons (Fsp3) is 0.889. The van der Waals surface area contributed by atoms with Crippen LogP contribution in [0.4, 0.5) is 0 Å². The van der Waals surface area contributed by atoms with E-state index in [1.807, 2.05) is 6.92 Å². The number of hydrogen-bond donors (Lipinski definition) is 2. The minimum Gasteiger partial charge on any atom is -0.354 e. The molecule has 3 heteroatoms. The molecule has 0 spiro atoms. The lowest BCUT2D eigenvalue weighted by atomic mass is 10.1. The van der Waals surface area contributed by atoms with Crippen molar-refractivity contribution >= 4 is 5.91 Å². The number of hydrogen-bond acceptors (Lipinski definition) is 2. The topological polar surface area (TPSA) is 55.1 Å². The molecule has 0 aliphatic carbocycles. The van der Waals surface area contributed by atoms with E-state index in [1.165, 1.54) is 0 Å². The smallest absolute Gasteiger partial charge is 0.236 e. The maximum Gasteiger partial charge on any atom is 0.236 e. The van der Waals surface area contributed by atoms with E-state index in [4.69, 9.17) is 5.73 Å². The van der Waals surface area contributed by atoms with Crippen molar-refractivity contribution in [3.63, 3.8) is 0 Å². The highest BCUT2D eigenvalue weighted by Crippen LogP contribution is 1.94. The van der Waals surface area contributed by atoms with Gasteiger partial charge in [-0.15, -0.1) is 0 Å². The van der Waals surface area contributed by atoms with Crippen molar-refractivity contribution in [2.24, 2.45) is 11.7 Å². The number of nitrogens with two attached hydrogens (primary N) is 1. The lowest BCUT2D eigenvalue weighted by Crippen LogP contribution is -2.41. The highest BCUT2D eigenvalue weighted by atomic mass is 16.2. The van der Waals surface area contributed by atoms with Crippen molar-refractivity contribution < 1.29 is 4.79 Å². The summed E-state index contributed by atoms with van der Waals surface area (Å²) < 4.78 is 0. The van der Waals surface area contributed by atoms with Crippen molar-refractivity contribution in [1.29, 1.82) is 0 Å². The van der Waals surface area contributed by atoms with Gasteiger partial charge in [0.05, 0.1) is 6.04 Å². The van der Waals surface area contributed by atoms with Crippen LogP contribution in [0.2, 0.25) is 0 Å². The third kappa shape index (κ3) is 5.13. The van der Waals surface area contributed by atoms with E-state index in [-0.39, 0.29) is 11.9 Å². The summed E-state index contributed by atoms with van der Waals surface area (Å²) >= 11 is 0. The molecule has 0 bridgehead atoms. The maximum absolute atomic E-state index is 11.2. The molecule has 72 valence electrons. The molecule has 0 aliphatic rings. The summed E-state index contributed by atoms with van der Waals surface area (Å²) in [5.41, 5.74) is 5.60. The second kappa shape index (κ2) is 6.00. The van der Waals surface area contributed by atoms with Crippen LogP contribution in [0.3, 0.4) is 0 Å². The molecule has 0 aromatic rings. The Morgan fingerprint density at radius 2 is 2.08 bits per heavy atom. The Bertz CT molecular complexity index is 134. The van der Waals surface area contributed by atoms with Gasteiger partial charge in [-0.25, -0.2) is 0 Å². The van der Waals surface area contributed by atoms with Crippen LogP contribution in [-0.4, -0.2) is 18.5 Å². The molecule has 0 heterocycles. The number of rotatable bonds is 5. The maximum atomic E-state index is 11.2. The number of carbonyl (C=O) groups excluding carboxylic acids is 1. The summed E-state index contributed by atoms with van der Waals surface area (Å²) in [5, 5.41) is 2.80. The van der Waals surface area contributed by atoms with Gasteiger partial charge in [-0.1, -0.05) is 27.2 Å². The molecular formula is C9H20N2O. The number of nitrogens with one attached hydrogen (secondary N) is 1. The zero-order valence-corrected chi connectivity index (χ0v) is 8.26. The standard InChI is InChI=1S/C9H20N2O/c1-4-5-8(10)9(12)11-6-7(2)3/h7-8H,4-6,10H2,1-3H3,(H,11,12). The van der Waals surface area contributed by atoms with Crippen LogP contribution in [0.15, 0.2) is 0 Å².